The molecule has 0 radical (unpaired) electrons. The van der Waals surface area contributed by atoms with E-state index in [4.69, 9.17) is 18.9 Å². The number of likely N-dealkylation sites (N-methyl/N-ethyl adjacent to an activating group) is 2. The Morgan fingerprint density at radius 2 is 1.53 bits per heavy atom. The largest absolute Gasteiger partial charge is 0.493 e. The second-order valence-corrected chi connectivity index (χ2v) is 22.8. The van der Waals surface area contributed by atoms with Gasteiger partial charge in [-0.3, -0.25) is 43.3 Å². The normalized spacial score (nSPS) is 23.1. The van der Waals surface area contributed by atoms with E-state index >= 15 is 0 Å². The molecule has 3 aromatic carbocycles. The zero-order valence-electron chi connectivity index (χ0n) is 49.5. The van der Waals surface area contributed by atoms with Crippen molar-refractivity contribution >= 4 is 70.4 Å². The Morgan fingerprint density at radius 3 is 2.24 bits per heavy atom. The molecule has 6 rings (SSSR count). The number of hydrogen-bond donors (Lipinski definition) is 3. The summed E-state index contributed by atoms with van der Waals surface area (Å²) in [6, 6.07) is 14.8. The number of anilines is 2. The van der Waals surface area contributed by atoms with Crippen molar-refractivity contribution in [3.8, 4) is 11.5 Å². The van der Waals surface area contributed by atoms with Gasteiger partial charge in [0.1, 0.15) is 36.9 Å². The van der Waals surface area contributed by atoms with Crippen LogP contribution in [0.5, 0.6) is 11.5 Å². The predicted octanol–water partition coefficient (Wildman–Crippen LogP) is 5.67. The molecule has 21 heteroatoms. The molecule has 5 atom stereocenters. The molecule has 3 heterocycles. The molecule has 3 aliphatic rings. The van der Waals surface area contributed by atoms with Gasteiger partial charge >= 0.3 is 11.9 Å². The number of rotatable bonds is 8. The average molecular weight is 1150 g/mol. The molecule has 1 saturated heterocycles. The standard InChI is InChI=1S/C62H81N7O14/c1-38(2)32-47-57(75)65-44-35-41-18-11-12-21-45(41)69(59(44)77)55(39(3)4)58(76)63-36-53(72)66(7)30-15-14-23-54(73)82-37-62(5,6)56(74)60(78)68-31-16-13-22-46(68)61(79)83-48(26-24-40-25-27-49(80-9)50(33-40)81-10)42-19-17-20-43(34-42)64-51(70)28-29-52(71)67(47)8/h11-12,14,17-21,23,25,27,33-34,38-39,44,46-48,55H,13,15-16,22,24,26,28-32,35-37H2,1-10H3,(H,63,76)(H,64,70)(H,65,75)/b23-14-/t44-,46+,47+,48-,55+/m1/s1. The summed E-state index contributed by atoms with van der Waals surface area (Å²) in [4.78, 5) is 145. The number of amides is 7. The number of methoxy groups -OCH3 is 2. The SMILES string of the molecule is COc1ccc(CC[C@H]2OC(=O)[C@@H]3CCCCN3C(=O)C(=O)C(C)(C)COC(=O)/C=C\CCN(C)C(=O)CNC(=O)[C@H](C(C)C)N3C(=O)[C@@H](Cc4ccccc43)NC(=O)[C@H](CC(C)C)N(C)C(=O)CCC(=O)Nc3cccc2c3)cc1OC. The van der Waals surface area contributed by atoms with Crippen LogP contribution in [0.4, 0.5) is 11.4 Å². The minimum absolute atomic E-state index is 0.0790. The molecule has 4 bridgehead atoms. The summed E-state index contributed by atoms with van der Waals surface area (Å²) in [5.41, 5.74) is 1.34. The lowest BCUT2D eigenvalue weighted by molar-refractivity contribution is -0.165. The van der Waals surface area contributed by atoms with Crippen LogP contribution in [0.1, 0.15) is 116 Å². The molecule has 448 valence electrons. The highest BCUT2D eigenvalue weighted by atomic mass is 16.5. The summed E-state index contributed by atoms with van der Waals surface area (Å²) >= 11 is 0. The number of fused-ring (bicyclic) bond motifs is 7. The Bertz CT molecular complexity index is 2920. The third-order valence-corrected chi connectivity index (χ3v) is 15.2. The van der Waals surface area contributed by atoms with Gasteiger partial charge in [0, 0.05) is 63.9 Å². The molecule has 3 aromatic rings. The molecular weight excluding hydrogens is 1070 g/mol. The van der Waals surface area contributed by atoms with Gasteiger partial charge in [-0.2, -0.15) is 0 Å². The molecule has 21 nitrogen and oxygen atoms in total. The second-order valence-electron chi connectivity index (χ2n) is 22.8. The highest BCUT2D eigenvalue weighted by Crippen LogP contribution is 2.35. The number of para-hydroxylation sites is 1. The van der Waals surface area contributed by atoms with Crippen LogP contribution in [0.2, 0.25) is 0 Å². The zero-order valence-corrected chi connectivity index (χ0v) is 49.5. The number of piperidine rings is 1. The van der Waals surface area contributed by atoms with Gasteiger partial charge in [0.25, 0.3) is 11.8 Å². The Hall–Kier alpha value is -8.10. The van der Waals surface area contributed by atoms with Gasteiger partial charge in [-0.15, -0.1) is 0 Å². The second kappa shape index (κ2) is 29.2. The average Bonchev–Trinajstić information content (AvgIpc) is 2.85. The van der Waals surface area contributed by atoms with Crippen LogP contribution in [-0.4, -0.2) is 152 Å². The number of nitrogens with one attached hydrogen (secondary N) is 3. The van der Waals surface area contributed by atoms with Gasteiger partial charge in [-0.25, -0.2) is 9.59 Å². The molecule has 1 fully saturated rings. The van der Waals surface area contributed by atoms with E-state index in [2.05, 4.69) is 16.0 Å². The van der Waals surface area contributed by atoms with Crippen molar-refractivity contribution in [1.29, 1.82) is 0 Å². The molecule has 0 unspecified atom stereocenters. The third kappa shape index (κ3) is 16.8. The number of cyclic esters (lactones) is 2. The first-order valence-electron chi connectivity index (χ1n) is 28.4. The number of hydrogen-bond acceptors (Lipinski definition) is 14. The highest BCUT2D eigenvalue weighted by Gasteiger charge is 2.44. The van der Waals surface area contributed by atoms with Gasteiger partial charge in [0.2, 0.25) is 35.3 Å². The third-order valence-electron chi connectivity index (χ3n) is 15.2. The van der Waals surface area contributed by atoms with Crippen molar-refractivity contribution in [1.82, 2.24) is 25.3 Å². The molecule has 0 spiro atoms. The minimum atomic E-state index is -1.50. The number of ketones is 1. The summed E-state index contributed by atoms with van der Waals surface area (Å²) in [6.07, 6.45) is 3.63. The van der Waals surface area contributed by atoms with Crippen LogP contribution in [0.3, 0.4) is 0 Å². The minimum Gasteiger partial charge on any atom is -0.493 e. The number of carbonyl (C=O) groups excluding carboxylic acids is 10. The van der Waals surface area contributed by atoms with Crippen molar-refractivity contribution in [3.63, 3.8) is 0 Å². The van der Waals surface area contributed by atoms with Gasteiger partial charge in [-0.1, -0.05) is 70.2 Å². The fraction of sp³-hybridized carbons (Fsp3) is 0.516. The molecular formula is C62H81N7O14. The number of ether oxygens (including phenoxy) is 4. The summed E-state index contributed by atoms with van der Waals surface area (Å²) in [7, 11) is 6.06. The van der Waals surface area contributed by atoms with Crippen LogP contribution >= 0.6 is 0 Å². The van der Waals surface area contributed by atoms with E-state index in [-0.39, 0.29) is 64.0 Å². The summed E-state index contributed by atoms with van der Waals surface area (Å²) in [5.74, 6) is -6.08. The van der Waals surface area contributed by atoms with Gasteiger partial charge in [0.05, 0.1) is 26.2 Å². The maximum Gasteiger partial charge on any atom is 0.330 e. The summed E-state index contributed by atoms with van der Waals surface area (Å²) in [5, 5.41) is 8.45. The predicted molar refractivity (Wildman–Crippen MR) is 309 cm³/mol. The summed E-state index contributed by atoms with van der Waals surface area (Å²) < 4.78 is 22.7. The van der Waals surface area contributed by atoms with Crippen LogP contribution in [0.25, 0.3) is 0 Å². The molecule has 83 heavy (non-hydrogen) atoms. The fourth-order valence-corrected chi connectivity index (χ4v) is 10.4. The summed E-state index contributed by atoms with van der Waals surface area (Å²) in [6.45, 7) is 9.63. The van der Waals surface area contributed by atoms with Crippen molar-refractivity contribution in [2.75, 3.05) is 64.8 Å². The van der Waals surface area contributed by atoms with E-state index in [0.29, 0.717) is 53.3 Å². The quantitative estimate of drug-likeness (QED) is 0.182. The number of esters is 2. The van der Waals surface area contributed by atoms with Crippen molar-refractivity contribution in [2.45, 2.75) is 136 Å². The zero-order chi connectivity index (χ0) is 60.7. The van der Waals surface area contributed by atoms with E-state index < -0.39 is 114 Å². The van der Waals surface area contributed by atoms with Crippen LogP contribution in [0.15, 0.2) is 78.9 Å². The number of carbonyl (C=O) groups is 10. The Kier molecular flexibility index (Phi) is 22.6. The van der Waals surface area contributed by atoms with E-state index in [1.807, 2.05) is 26.0 Å². The lowest BCUT2D eigenvalue weighted by Gasteiger charge is -2.41. The van der Waals surface area contributed by atoms with E-state index in [1.54, 1.807) is 68.4 Å². The molecule has 0 saturated carbocycles. The molecule has 7 amide bonds. The lowest BCUT2D eigenvalue weighted by atomic mass is 9.87. The van der Waals surface area contributed by atoms with E-state index in [9.17, 15) is 47.9 Å². The Balaban J connectivity index is 1.29. The maximum absolute atomic E-state index is 14.7. The van der Waals surface area contributed by atoms with Gasteiger partial charge in [0.15, 0.2) is 11.5 Å². The first kappa shape index (κ1) is 64.1. The monoisotopic (exact) mass is 1150 g/mol. The molecule has 0 aromatic heterocycles. The van der Waals surface area contributed by atoms with Gasteiger partial charge < -0.3 is 49.6 Å². The van der Waals surface area contributed by atoms with Crippen molar-refractivity contribution in [2.24, 2.45) is 17.3 Å². The van der Waals surface area contributed by atoms with Crippen LogP contribution in [-0.2, 0) is 70.3 Å². The van der Waals surface area contributed by atoms with E-state index in [1.165, 1.54) is 67.8 Å². The molecule has 3 N–H and O–H groups in total. The Morgan fingerprint density at radius 1 is 0.795 bits per heavy atom. The van der Waals surface area contributed by atoms with Crippen molar-refractivity contribution in [3.05, 3.63) is 95.6 Å². The Labute approximate surface area is 486 Å². The van der Waals surface area contributed by atoms with E-state index in [0.717, 1.165) is 11.6 Å². The smallest absolute Gasteiger partial charge is 0.330 e. The lowest BCUT2D eigenvalue weighted by Crippen LogP contribution is -2.62. The van der Waals surface area contributed by atoms with Gasteiger partial charge in [-0.05, 0) is 118 Å². The number of Topliss-reactive ketones (excluding diaryl/α,β-unsaturated/α-hetero) is 1. The first-order valence-corrected chi connectivity index (χ1v) is 28.4. The highest BCUT2D eigenvalue weighted by molar-refractivity contribution is 6.38. The number of aryl methyl sites for hydroxylation is 1. The van der Waals surface area contributed by atoms with Crippen LogP contribution in [0, 0.1) is 17.3 Å². The van der Waals surface area contributed by atoms with Crippen LogP contribution < -0.4 is 30.3 Å². The maximum atomic E-state index is 14.7. The number of nitrogens with zero attached hydrogens (tertiary/aromatic N) is 4. The van der Waals surface area contributed by atoms with Crippen molar-refractivity contribution < 1.29 is 66.9 Å². The molecule has 0 aliphatic carbocycles. The fourth-order valence-electron chi connectivity index (χ4n) is 10.4. The first-order chi connectivity index (χ1) is 39.4. The topological polar surface area (TPSA) is 257 Å². The molecule has 3 aliphatic heterocycles. The number of benzene rings is 3.